The predicted octanol–water partition coefficient (Wildman–Crippen LogP) is 2.30. The van der Waals surface area contributed by atoms with Crippen molar-refractivity contribution in [2.75, 3.05) is 17.5 Å². The Labute approximate surface area is 103 Å². The average molecular weight is 259 g/mol. The normalized spacial score (nSPS) is 9.62. The van der Waals surface area contributed by atoms with Gasteiger partial charge < -0.3 is 5.32 Å². The van der Waals surface area contributed by atoms with E-state index < -0.39 is 11.9 Å². The van der Waals surface area contributed by atoms with Crippen LogP contribution < -0.4 is 10.6 Å². The number of imide groups is 1. The van der Waals surface area contributed by atoms with E-state index in [-0.39, 0.29) is 5.88 Å². The van der Waals surface area contributed by atoms with Crippen LogP contribution in [-0.4, -0.2) is 24.1 Å². The van der Waals surface area contributed by atoms with Crippen LogP contribution in [0.2, 0.25) is 0 Å². The first kappa shape index (κ1) is 12.9. The minimum atomic E-state index is -0.580. The van der Waals surface area contributed by atoms with Gasteiger partial charge in [0.15, 0.2) is 0 Å². The molecule has 0 fully saturated rings. The number of amides is 3. The van der Waals surface area contributed by atoms with Crippen LogP contribution in [0.5, 0.6) is 0 Å². The molecule has 0 aromatic heterocycles. The van der Waals surface area contributed by atoms with Gasteiger partial charge in [-0.15, -0.1) is 23.4 Å². The summed E-state index contributed by atoms with van der Waals surface area (Å²) >= 11 is 6.82. The Bertz CT molecular complexity index is 398. The number of hydrogen-bond acceptors (Lipinski definition) is 3. The molecule has 16 heavy (non-hydrogen) atoms. The van der Waals surface area contributed by atoms with Crippen molar-refractivity contribution in [3.8, 4) is 0 Å². The zero-order valence-corrected chi connectivity index (χ0v) is 10.2. The van der Waals surface area contributed by atoms with Crippen molar-refractivity contribution in [3.05, 3.63) is 24.3 Å². The van der Waals surface area contributed by atoms with Gasteiger partial charge in [-0.05, 0) is 24.5 Å². The van der Waals surface area contributed by atoms with E-state index in [9.17, 15) is 9.59 Å². The summed E-state index contributed by atoms with van der Waals surface area (Å²) in [5.74, 6) is -0.765. The van der Waals surface area contributed by atoms with Gasteiger partial charge >= 0.3 is 6.03 Å². The van der Waals surface area contributed by atoms with E-state index in [4.69, 9.17) is 11.6 Å². The molecule has 1 aromatic carbocycles. The third-order valence-electron chi connectivity index (χ3n) is 1.70. The van der Waals surface area contributed by atoms with Gasteiger partial charge in [0.1, 0.15) is 5.88 Å². The quantitative estimate of drug-likeness (QED) is 0.646. The lowest BCUT2D eigenvalue weighted by Crippen LogP contribution is -2.35. The van der Waals surface area contributed by atoms with E-state index in [2.05, 4.69) is 10.6 Å². The standard InChI is InChI=1S/C10H11ClN2O2S/c1-16-8-4-2-3-7(5-8)12-10(15)13-9(14)6-11/h2-5H,6H2,1H3,(H2,12,13,14,15). The van der Waals surface area contributed by atoms with Gasteiger partial charge in [-0.1, -0.05) is 6.07 Å². The highest BCUT2D eigenvalue weighted by molar-refractivity contribution is 7.98. The first-order chi connectivity index (χ1) is 7.65. The third kappa shape index (κ3) is 4.12. The minimum Gasteiger partial charge on any atom is -0.308 e. The van der Waals surface area contributed by atoms with Crippen molar-refractivity contribution in [1.29, 1.82) is 0 Å². The molecule has 0 atom stereocenters. The lowest BCUT2D eigenvalue weighted by Gasteiger charge is -2.06. The van der Waals surface area contributed by atoms with Crippen molar-refractivity contribution < 1.29 is 9.59 Å². The summed E-state index contributed by atoms with van der Waals surface area (Å²) in [6.07, 6.45) is 1.94. The van der Waals surface area contributed by atoms with Crippen LogP contribution in [0.25, 0.3) is 0 Å². The van der Waals surface area contributed by atoms with Crippen LogP contribution in [-0.2, 0) is 4.79 Å². The highest BCUT2D eigenvalue weighted by atomic mass is 35.5. The van der Waals surface area contributed by atoms with E-state index >= 15 is 0 Å². The molecule has 0 unspecified atom stereocenters. The number of thioether (sulfide) groups is 1. The Hall–Kier alpha value is -1.20. The van der Waals surface area contributed by atoms with E-state index in [1.165, 1.54) is 0 Å². The van der Waals surface area contributed by atoms with E-state index in [0.29, 0.717) is 5.69 Å². The molecule has 4 nitrogen and oxygen atoms in total. The molecule has 0 spiro atoms. The molecule has 1 aromatic rings. The van der Waals surface area contributed by atoms with Crippen molar-refractivity contribution in [2.45, 2.75) is 4.90 Å². The summed E-state index contributed by atoms with van der Waals surface area (Å²) in [7, 11) is 0. The first-order valence-corrected chi connectivity index (χ1v) is 6.22. The summed E-state index contributed by atoms with van der Waals surface area (Å²) in [6.45, 7) is 0. The summed E-state index contributed by atoms with van der Waals surface area (Å²) in [6, 6.07) is 6.73. The van der Waals surface area contributed by atoms with Crippen molar-refractivity contribution in [1.82, 2.24) is 5.32 Å². The molecule has 1 rings (SSSR count). The molecule has 0 radical (unpaired) electrons. The zero-order valence-electron chi connectivity index (χ0n) is 8.62. The number of carbonyl (C=O) groups excluding carboxylic acids is 2. The second-order valence-electron chi connectivity index (χ2n) is 2.87. The Morgan fingerprint density at radius 2 is 2.19 bits per heavy atom. The molecule has 0 heterocycles. The van der Waals surface area contributed by atoms with Crippen LogP contribution in [0.15, 0.2) is 29.2 Å². The lowest BCUT2D eigenvalue weighted by molar-refractivity contribution is -0.117. The smallest absolute Gasteiger partial charge is 0.308 e. The molecule has 3 amide bonds. The van der Waals surface area contributed by atoms with Gasteiger partial charge in [0, 0.05) is 10.6 Å². The highest BCUT2D eigenvalue weighted by Crippen LogP contribution is 2.18. The lowest BCUT2D eigenvalue weighted by atomic mass is 10.3. The molecule has 0 aliphatic heterocycles. The zero-order chi connectivity index (χ0) is 12.0. The molecular weight excluding hydrogens is 248 g/mol. The number of alkyl halides is 1. The number of nitrogens with one attached hydrogen (secondary N) is 2. The van der Waals surface area contributed by atoms with Gasteiger partial charge in [-0.25, -0.2) is 4.79 Å². The van der Waals surface area contributed by atoms with Crippen molar-refractivity contribution in [3.63, 3.8) is 0 Å². The number of urea groups is 1. The molecular formula is C10H11ClN2O2S. The topological polar surface area (TPSA) is 58.2 Å². The van der Waals surface area contributed by atoms with Gasteiger partial charge in [0.25, 0.3) is 0 Å². The Morgan fingerprint density at radius 3 is 2.81 bits per heavy atom. The second-order valence-corrected chi connectivity index (χ2v) is 4.01. The van der Waals surface area contributed by atoms with Crippen molar-refractivity contribution in [2.24, 2.45) is 0 Å². The number of benzene rings is 1. The van der Waals surface area contributed by atoms with Crippen LogP contribution in [0.3, 0.4) is 0 Å². The Morgan fingerprint density at radius 1 is 1.44 bits per heavy atom. The Kier molecular flexibility index (Phi) is 5.14. The number of anilines is 1. The average Bonchev–Trinajstić information content (AvgIpc) is 2.28. The second kappa shape index (κ2) is 6.40. The molecule has 0 saturated carbocycles. The van der Waals surface area contributed by atoms with E-state index in [0.717, 1.165) is 4.90 Å². The summed E-state index contributed by atoms with van der Waals surface area (Å²) < 4.78 is 0. The van der Waals surface area contributed by atoms with Gasteiger partial charge in [-0.2, -0.15) is 0 Å². The highest BCUT2D eigenvalue weighted by Gasteiger charge is 2.06. The van der Waals surface area contributed by atoms with Crippen LogP contribution in [0.4, 0.5) is 10.5 Å². The maximum Gasteiger partial charge on any atom is 0.325 e. The summed E-state index contributed by atoms with van der Waals surface area (Å²) in [5.41, 5.74) is 0.631. The molecule has 0 bridgehead atoms. The SMILES string of the molecule is CSc1cccc(NC(=O)NC(=O)CCl)c1. The van der Waals surface area contributed by atoms with Gasteiger partial charge in [-0.3, -0.25) is 10.1 Å². The summed E-state index contributed by atoms with van der Waals surface area (Å²) in [4.78, 5) is 23.1. The maximum atomic E-state index is 11.3. The first-order valence-electron chi connectivity index (χ1n) is 4.46. The molecule has 0 aliphatic carbocycles. The fourth-order valence-electron chi connectivity index (χ4n) is 1.02. The fourth-order valence-corrected chi connectivity index (χ4v) is 1.55. The molecule has 6 heteroatoms. The number of carbonyl (C=O) groups is 2. The van der Waals surface area contributed by atoms with Crippen LogP contribution >= 0.6 is 23.4 Å². The largest absolute Gasteiger partial charge is 0.325 e. The molecule has 2 N–H and O–H groups in total. The monoisotopic (exact) mass is 258 g/mol. The minimum absolute atomic E-state index is 0.238. The van der Waals surface area contributed by atoms with Crippen LogP contribution in [0.1, 0.15) is 0 Å². The fraction of sp³-hybridized carbons (Fsp3) is 0.200. The van der Waals surface area contributed by atoms with Gasteiger partial charge in [0.05, 0.1) is 0 Å². The number of hydrogen-bond donors (Lipinski definition) is 2. The molecule has 0 aliphatic rings. The summed E-state index contributed by atoms with van der Waals surface area (Å²) in [5, 5.41) is 4.63. The van der Waals surface area contributed by atoms with Crippen molar-refractivity contribution >= 4 is 41.0 Å². The van der Waals surface area contributed by atoms with Crippen LogP contribution in [0, 0.1) is 0 Å². The maximum absolute atomic E-state index is 11.3. The number of halogens is 1. The molecule has 0 saturated heterocycles. The third-order valence-corrected chi connectivity index (χ3v) is 2.67. The predicted molar refractivity (Wildman–Crippen MR) is 66.1 cm³/mol. The van der Waals surface area contributed by atoms with Gasteiger partial charge in [0.2, 0.25) is 5.91 Å². The Balaban J connectivity index is 2.59. The van der Waals surface area contributed by atoms with E-state index in [1.807, 2.05) is 24.5 Å². The van der Waals surface area contributed by atoms with E-state index in [1.54, 1.807) is 17.8 Å². The molecule has 86 valence electrons. The number of rotatable bonds is 3.